The third-order valence-electron chi connectivity index (χ3n) is 2.95. The predicted molar refractivity (Wildman–Crippen MR) is 72.5 cm³/mol. The van der Waals surface area contributed by atoms with Gasteiger partial charge >= 0.3 is 5.97 Å². The highest BCUT2D eigenvalue weighted by atomic mass is 16.4. The van der Waals surface area contributed by atoms with Gasteiger partial charge in [0.05, 0.1) is 18.4 Å². The van der Waals surface area contributed by atoms with Gasteiger partial charge in [-0.15, -0.1) is 5.10 Å². The molecule has 0 fully saturated rings. The second-order valence-electron chi connectivity index (χ2n) is 4.47. The Morgan fingerprint density at radius 2 is 2.24 bits per heavy atom. The van der Waals surface area contributed by atoms with Crippen molar-refractivity contribution in [1.29, 1.82) is 0 Å². The minimum atomic E-state index is -1.12. The molecule has 0 aromatic carbocycles. The van der Waals surface area contributed by atoms with Crippen LogP contribution in [0.3, 0.4) is 0 Å². The summed E-state index contributed by atoms with van der Waals surface area (Å²) in [4.78, 5) is 15.5. The average molecular weight is 284 g/mol. The quantitative estimate of drug-likeness (QED) is 0.761. The Morgan fingerprint density at radius 1 is 1.38 bits per heavy atom. The highest BCUT2D eigenvalue weighted by Gasteiger charge is 2.21. The Balaban J connectivity index is 2.07. The minimum absolute atomic E-state index is 0.0982. The molecule has 3 aromatic heterocycles. The van der Waals surface area contributed by atoms with Crippen molar-refractivity contribution in [3.05, 3.63) is 48.2 Å². The molecule has 1 N–H and O–H groups in total. The molecule has 0 saturated heterocycles. The molecular weight excluding hydrogens is 272 g/mol. The lowest BCUT2D eigenvalue weighted by molar-refractivity contribution is 0.0691. The predicted octanol–water partition coefficient (Wildman–Crippen LogP) is 0.820. The van der Waals surface area contributed by atoms with Crippen molar-refractivity contribution in [2.24, 2.45) is 7.05 Å². The molecule has 8 nitrogen and oxygen atoms in total. The molecule has 3 heterocycles. The molecule has 0 unspecified atom stereocenters. The Bertz CT molecular complexity index is 777. The van der Waals surface area contributed by atoms with Gasteiger partial charge in [0.15, 0.2) is 5.69 Å². The molecule has 106 valence electrons. The lowest BCUT2D eigenvalue weighted by Gasteiger charge is -2.04. The summed E-state index contributed by atoms with van der Waals surface area (Å²) in [5.74, 6) is -1.12. The van der Waals surface area contributed by atoms with Crippen molar-refractivity contribution in [2.45, 2.75) is 6.54 Å². The maximum atomic E-state index is 11.3. The van der Waals surface area contributed by atoms with Gasteiger partial charge in [0.25, 0.3) is 0 Å². The lowest BCUT2D eigenvalue weighted by Crippen LogP contribution is -2.06. The fourth-order valence-corrected chi connectivity index (χ4v) is 2.04. The van der Waals surface area contributed by atoms with Gasteiger partial charge in [-0.05, 0) is 12.1 Å². The summed E-state index contributed by atoms with van der Waals surface area (Å²) in [7, 11) is 1.76. The van der Waals surface area contributed by atoms with Crippen molar-refractivity contribution in [1.82, 2.24) is 29.8 Å². The fraction of sp³-hybridized carbons (Fsp3) is 0.154. The van der Waals surface area contributed by atoms with Crippen LogP contribution in [0.4, 0.5) is 0 Å². The van der Waals surface area contributed by atoms with Gasteiger partial charge in [-0.25, -0.2) is 9.48 Å². The first-order chi connectivity index (χ1) is 10.1. The number of pyridine rings is 1. The van der Waals surface area contributed by atoms with E-state index in [-0.39, 0.29) is 5.69 Å². The SMILES string of the molecule is Cn1cc(-c2c(C(=O)O)nnn2Cc2ccccn2)cn1. The van der Waals surface area contributed by atoms with Crippen LogP contribution in [0.2, 0.25) is 0 Å². The Morgan fingerprint density at radius 3 is 2.86 bits per heavy atom. The van der Waals surface area contributed by atoms with Crippen LogP contribution in [-0.4, -0.2) is 40.8 Å². The van der Waals surface area contributed by atoms with Crippen LogP contribution >= 0.6 is 0 Å². The van der Waals surface area contributed by atoms with Crippen molar-refractivity contribution in [3.8, 4) is 11.3 Å². The first kappa shape index (κ1) is 13.0. The summed E-state index contributed by atoms with van der Waals surface area (Å²) >= 11 is 0. The number of nitrogens with zero attached hydrogens (tertiary/aromatic N) is 6. The smallest absolute Gasteiger partial charge is 0.358 e. The molecule has 0 aliphatic rings. The first-order valence-corrected chi connectivity index (χ1v) is 6.21. The molecular formula is C13H12N6O2. The Labute approximate surface area is 119 Å². The van der Waals surface area contributed by atoms with Crippen molar-refractivity contribution < 1.29 is 9.90 Å². The first-order valence-electron chi connectivity index (χ1n) is 6.21. The molecule has 0 atom stereocenters. The lowest BCUT2D eigenvalue weighted by atomic mass is 10.2. The average Bonchev–Trinajstić information content (AvgIpc) is 3.06. The van der Waals surface area contributed by atoms with Crippen molar-refractivity contribution in [2.75, 3.05) is 0 Å². The minimum Gasteiger partial charge on any atom is -0.476 e. The number of carboxylic acids is 1. The van der Waals surface area contributed by atoms with E-state index in [1.54, 1.807) is 30.3 Å². The van der Waals surface area contributed by atoms with E-state index >= 15 is 0 Å². The third-order valence-corrected chi connectivity index (χ3v) is 2.95. The second-order valence-corrected chi connectivity index (χ2v) is 4.47. The van der Waals surface area contributed by atoms with Crippen molar-refractivity contribution >= 4 is 5.97 Å². The number of rotatable bonds is 4. The van der Waals surface area contributed by atoms with Crippen LogP contribution < -0.4 is 0 Å². The maximum Gasteiger partial charge on any atom is 0.358 e. The summed E-state index contributed by atoms with van der Waals surface area (Å²) in [6.07, 6.45) is 4.98. The number of carboxylic acid groups (broad SMARTS) is 1. The van der Waals surface area contributed by atoms with E-state index < -0.39 is 5.97 Å². The second kappa shape index (κ2) is 5.16. The van der Waals surface area contributed by atoms with E-state index in [9.17, 15) is 9.90 Å². The van der Waals surface area contributed by atoms with E-state index in [0.717, 1.165) is 5.69 Å². The maximum absolute atomic E-state index is 11.3. The number of aryl methyl sites for hydroxylation is 1. The van der Waals surface area contributed by atoms with Crippen LogP contribution in [-0.2, 0) is 13.6 Å². The molecule has 0 saturated carbocycles. The molecule has 21 heavy (non-hydrogen) atoms. The third kappa shape index (κ3) is 2.50. The zero-order valence-corrected chi connectivity index (χ0v) is 11.2. The van der Waals surface area contributed by atoms with E-state index in [1.165, 1.54) is 4.68 Å². The molecule has 3 aromatic rings. The Hall–Kier alpha value is -3.03. The van der Waals surface area contributed by atoms with Crippen LogP contribution in [0.5, 0.6) is 0 Å². The number of hydrogen-bond donors (Lipinski definition) is 1. The fourth-order valence-electron chi connectivity index (χ4n) is 2.04. The summed E-state index contributed by atoms with van der Waals surface area (Å²) < 4.78 is 3.11. The van der Waals surface area contributed by atoms with Crippen LogP contribution in [0.25, 0.3) is 11.3 Å². The van der Waals surface area contributed by atoms with Gasteiger partial charge in [-0.2, -0.15) is 5.10 Å². The number of aromatic carboxylic acids is 1. The molecule has 0 aliphatic heterocycles. The van der Waals surface area contributed by atoms with Gasteiger partial charge in [0.1, 0.15) is 5.69 Å². The number of hydrogen-bond acceptors (Lipinski definition) is 5. The molecule has 0 aliphatic carbocycles. The van der Waals surface area contributed by atoms with E-state index in [0.29, 0.717) is 17.8 Å². The molecule has 0 spiro atoms. The normalized spacial score (nSPS) is 10.7. The molecule has 8 heteroatoms. The van der Waals surface area contributed by atoms with Crippen LogP contribution in [0, 0.1) is 0 Å². The standard InChI is InChI=1S/C13H12N6O2/c1-18-7-9(6-15-18)12-11(13(20)21)16-17-19(12)8-10-4-2-3-5-14-10/h2-7H,8H2,1H3,(H,20,21). The zero-order valence-electron chi connectivity index (χ0n) is 11.2. The molecule has 0 radical (unpaired) electrons. The van der Waals surface area contributed by atoms with Crippen LogP contribution in [0.1, 0.15) is 16.2 Å². The van der Waals surface area contributed by atoms with Gasteiger partial charge in [-0.1, -0.05) is 11.3 Å². The summed E-state index contributed by atoms with van der Waals surface area (Å²) in [6, 6.07) is 5.52. The van der Waals surface area contributed by atoms with Crippen molar-refractivity contribution in [3.63, 3.8) is 0 Å². The zero-order chi connectivity index (χ0) is 14.8. The highest BCUT2D eigenvalue weighted by molar-refractivity contribution is 5.92. The van der Waals surface area contributed by atoms with Gasteiger partial charge in [-0.3, -0.25) is 9.67 Å². The monoisotopic (exact) mass is 284 g/mol. The summed E-state index contributed by atoms with van der Waals surface area (Å²) in [5, 5.41) is 21.0. The van der Waals surface area contributed by atoms with E-state index in [4.69, 9.17) is 0 Å². The van der Waals surface area contributed by atoms with E-state index in [2.05, 4.69) is 20.4 Å². The summed E-state index contributed by atoms with van der Waals surface area (Å²) in [5.41, 5.74) is 1.74. The molecule has 3 rings (SSSR count). The van der Waals surface area contributed by atoms with Crippen LogP contribution in [0.15, 0.2) is 36.8 Å². The largest absolute Gasteiger partial charge is 0.476 e. The Kier molecular flexibility index (Phi) is 3.19. The molecule has 0 amide bonds. The van der Waals surface area contributed by atoms with Gasteiger partial charge in [0.2, 0.25) is 0 Å². The molecule has 0 bridgehead atoms. The highest BCUT2D eigenvalue weighted by Crippen LogP contribution is 2.22. The topological polar surface area (TPSA) is 98.7 Å². The number of aromatic nitrogens is 6. The summed E-state index contributed by atoms with van der Waals surface area (Å²) in [6.45, 7) is 0.339. The van der Waals surface area contributed by atoms with Gasteiger partial charge in [0, 0.05) is 25.0 Å². The van der Waals surface area contributed by atoms with Gasteiger partial charge < -0.3 is 5.11 Å². The van der Waals surface area contributed by atoms with E-state index in [1.807, 2.05) is 18.2 Å². The number of carbonyl (C=O) groups is 1.